The highest BCUT2D eigenvalue weighted by molar-refractivity contribution is 7.17. The van der Waals surface area contributed by atoms with Crippen LogP contribution in [0.25, 0.3) is 10.2 Å². The number of nitrogens with one attached hydrogen (secondary N) is 1. The van der Waals surface area contributed by atoms with Crippen molar-refractivity contribution in [1.29, 1.82) is 0 Å². The molecule has 0 aliphatic rings. The number of hydrogen-bond acceptors (Lipinski definition) is 6. The first-order valence-electron chi connectivity index (χ1n) is 5.69. The van der Waals surface area contributed by atoms with Gasteiger partial charge in [-0.3, -0.25) is 4.68 Å². The molecular formula is C11H12N6S. The smallest absolute Gasteiger partial charge is 0.147 e. The molecule has 0 fully saturated rings. The van der Waals surface area contributed by atoms with Gasteiger partial charge in [0.05, 0.1) is 16.4 Å². The molecule has 0 atom stereocenters. The maximum absolute atomic E-state index is 4.27. The number of anilines is 1. The Morgan fingerprint density at radius 3 is 3.22 bits per heavy atom. The predicted octanol–water partition coefficient (Wildman–Crippen LogP) is 1.78. The van der Waals surface area contributed by atoms with Crippen LogP contribution in [0.1, 0.15) is 6.42 Å². The quantitative estimate of drug-likeness (QED) is 0.708. The fourth-order valence-electron chi connectivity index (χ4n) is 1.71. The second-order valence-electron chi connectivity index (χ2n) is 3.80. The molecule has 3 heterocycles. The maximum Gasteiger partial charge on any atom is 0.147 e. The summed E-state index contributed by atoms with van der Waals surface area (Å²) in [6.07, 6.45) is 6.12. The highest BCUT2D eigenvalue weighted by Gasteiger charge is 2.03. The van der Waals surface area contributed by atoms with Gasteiger partial charge >= 0.3 is 0 Å². The van der Waals surface area contributed by atoms with Gasteiger partial charge in [0.25, 0.3) is 0 Å². The summed E-state index contributed by atoms with van der Waals surface area (Å²) in [6, 6.07) is 2.00. The van der Waals surface area contributed by atoms with Gasteiger partial charge in [0.15, 0.2) is 0 Å². The van der Waals surface area contributed by atoms with Gasteiger partial charge < -0.3 is 5.32 Å². The lowest BCUT2D eigenvalue weighted by Crippen LogP contribution is -2.08. The van der Waals surface area contributed by atoms with Gasteiger partial charge in [-0.15, -0.1) is 16.4 Å². The van der Waals surface area contributed by atoms with Gasteiger partial charge in [0.1, 0.15) is 12.1 Å². The molecule has 3 aromatic heterocycles. The zero-order chi connectivity index (χ0) is 12.2. The van der Waals surface area contributed by atoms with Crippen LogP contribution in [0.15, 0.2) is 30.2 Å². The van der Waals surface area contributed by atoms with E-state index in [-0.39, 0.29) is 0 Å². The molecule has 18 heavy (non-hydrogen) atoms. The van der Waals surface area contributed by atoms with Crippen LogP contribution in [0.5, 0.6) is 0 Å². The summed E-state index contributed by atoms with van der Waals surface area (Å²) in [5.41, 5.74) is 0.994. The molecule has 0 radical (unpaired) electrons. The van der Waals surface area contributed by atoms with E-state index < -0.39 is 0 Å². The molecule has 0 aliphatic heterocycles. The Balaban J connectivity index is 1.58. The summed E-state index contributed by atoms with van der Waals surface area (Å²) >= 11 is 1.65. The third-order valence-corrected chi connectivity index (χ3v) is 3.48. The van der Waals surface area contributed by atoms with Gasteiger partial charge in [-0.2, -0.15) is 0 Å². The van der Waals surface area contributed by atoms with E-state index in [1.165, 1.54) is 0 Å². The lowest BCUT2D eigenvalue weighted by atomic mass is 10.4. The van der Waals surface area contributed by atoms with Crippen LogP contribution in [-0.4, -0.2) is 31.5 Å². The third-order valence-electron chi connectivity index (χ3n) is 2.57. The largest absolute Gasteiger partial charge is 0.369 e. The van der Waals surface area contributed by atoms with E-state index in [0.29, 0.717) is 0 Å². The molecule has 0 amide bonds. The minimum Gasteiger partial charge on any atom is -0.369 e. The van der Waals surface area contributed by atoms with E-state index >= 15 is 0 Å². The minimum atomic E-state index is 0.851. The first-order chi connectivity index (χ1) is 8.93. The molecule has 6 nitrogen and oxygen atoms in total. The molecule has 1 N–H and O–H groups in total. The van der Waals surface area contributed by atoms with Crippen LogP contribution in [0.4, 0.5) is 5.82 Å². The standard InChI is InChI=1S/C11H12N6S/c1(5-17-6-4-15-16-17)3-12-11-10-9(2-7-18-10)13-8-14-11/h2,4,6-8H,1,3,5H2,(H,12,13,14). The Labute approximate surface area is 108 Å². The first-order valence-corrected chi connectivity index (χ1v) is 6.57. The van der Waals surface area contributed by atoms with Gasteiger partial charge in [0, 0.05) is 19.3 Å². The zero-order valence-corrected chi connectivity index (χ0v) is 10.5. The molecule has 92 valence electrons. The highest BCUT2D eigenvalue weighted by Crippen LogP contribution is 2.24. The number of thiophene rings is 1. The van der Waals surface area contributed by atoms with Crippen molar-refractivity contribution in [3.63, 3.8) is 0 Å². The van der Waals surface area contributed by atoms with Crippen molar-refractivity contribution in [3.8, 4) is 0 Å². The van der Waals surface area contributed by atoms with Crippen LogP contribution in [-0.2, 0) is 6.54 Å². The number of rotatable bonds is 5. The molecule has 0 saturated heterocycles. The normalized spacial score (nSPS) is 10.9. The van der Waals surface area contributed by atoms with Crippen molar-refractivity contribution >= 4 is 27.4 Å². The molecule has 0 saturated carbocycles. The van der Waals surface area contributed by atoms with Crippen LogP contribution in [0.2, 0.25) is 0 Å². The molecule has 3 aromatic rings. The van der Waals surface area contributed by atoms with Crippen molar-refractivity contribution in [2.24, 2.45) is 0 Å². The maximum atomic E-state index is 4.27. The van der Waals surface area contributed by atoms with Crippen molar-refractivity contribution in [1.82, 2.24) is 25.0 Å². The van der Waals surface area contributed by atoms with Crippen LogP contribution >= 0.6 is 11.3 Å². The monoisotopic (exact) mass is 260 g/mol. The van der Waals surface area contributed by atoms with Gasteiger partial charge in [0.2, 0.25) is 0 Å². The van der Waals surface area contributed by atoms with E-state index in [0.717, 1.165) is 35.5 Å². The molecule has 7 heteroatoms. The fraction of sp³-hybridized carbons (Fsp3) is 0.273. The van der Waals surface area contributed by atoms with Crippen LogP contribution in [0, 0.1) is 0 Å². The molecule has 0 aliphatic carbocycles. The molecule has 0 unspecified atom stereocenters. The lowest BCUT2D eigenvalue weighted by molar-refractivity contribution is 0.569. The SMILES string of the molecule is c1cn(CCCNc2ncnc3ccsc23)nn1. The number of fused-ring (bicyclic) bond motifs is 1. The number of nitrogens with zero attached hydrogens (tertiary/aromatic N) is 5. The predicted molar refractivity (Wildman–Crippen MR) is 70.5 cm³/mol. The number of hydrogen-bond donors (Lipinski definition) is 1. The van der Waals surface area contributed by atoms with E-state index in [2.05, 4.69) is 25.6 Å². The van der Waals surface area contributed by atoms with Crippen molar-refractivity contribution in [2.75, 3.05) is 11.9 Å². The van der Waals surface area contributed by atoms with Crippen molar-refractivity contribution < 1.29 is 0 Å². The zero-order valence-electron chi connectivity index (χ0n) is 9.65. The summed E-state index contributed by atoms with van der Waals surface area (Å²) in [4.78, 5) is 8.47. The Bertz CT molecular complexity index is 617. The van der Waals surface area contributed by atoms with Crippen LogP contribution in [0.3, 0.4) is 0 Å². The van der Waals surface area contributed by atoms with E-state index in [1.54, 1.807) is 23.9 Å². The molecule has 3 rings (SSSR count). The highest BCUT2D eigenvalue weighted by atomic mass is 32.1. The number of aromatic nitrogens is 5. The minimum absolute atomic E-state index is 0.851. The Hall–Kier alpha value is -2.02. The Kier molecular flexibility index (Phi) is 3.14. The van der Waals surface area contributed by atoms with Gasteiger partial charge in [-0.05, 0) is 17.9 Å². The number of aryl methyl sites for hydroxylation is 1. The Morgan fingerprint density at radius 1 is 1.33 bits per heavy atom. The molecule has 0 bridgehead atoms. The second-order valence-corrected chi connectivity index (χ2v) is 4.72. The second kappa shape index (κ2) is 5.09. The summed E-state index contributed by atoms with van der Waals surface area (Å²) in [6.45, 7) is 1.70. The third kappa shape index (κ3) is 2.30. The summed E-state index contributed by atoms with van der Waals surface area (Å²) in [7, 11) is 0. The average Bonchev–Trinajstić information content (AvgIpc) is 3.05. The van der Waals surface area contributed by atoms with Gasteiger partial charge in [-0.25, -0.2) is 9.97 Å². The first kappa shape index (κ1) is 11.1. The molecule has 0 spiro atoms. The van der Waals surface area contributed by atoms with E-state index in [4.69, 9.17) is 0 Å². The van der Waals surface area contributed by atoms with Gasteiger partial charge in [-0.1, -0.05) is 5.21 Å². The Morgan fingerprint density at radius 2 is 2.33 bits per heavy atom. The fourth-order valence-corrected chi connectivity index (χ4v) is 2.53. The topological polar surface area (TPSA) is 68.5 Å². The summed E-state index contributed by atoms with van der Waals surface area (Å²) in [5, 5.41) is 13.0. The summed E-state index contributed by atoms with van der Waals surface area (Å²) in [5.74, 6) is 0.911. The molecule has 0 aromatic carbocycles. The lowest BCUT2D eigenvalue weighted by Gasteiger charge is -2.05. The van der Waals surface area contributed by atoms with Crippen molar-refractivity contribution in [2.45, 2.75) is 13.0 Å². The summed E-state index contributed by atoms with van der Waals surface area (Å²) < 4.78 is 2.93. The van der Waals surface area contributed by atoms with Crippen LogP contribution < -0.4 is 5.32 Å². The van der Waals surface area contributed by atoms with E-state index in [1.807, 2.05) is 22.3 Å². The van der Waals surface area contributed by atoms with Crippen molar-refractivity contribution in [3.05, 3.63) is 30.2 Å². The van der Waals surface area contributed by atoms with E-state index in [9.17, 15) is 0 Å². The average molecular weight is 260 g/mol. The molecular weight excluding hydrogens is 248 g/mol.